The van der Waals surface area contributed by atoms with Gasteiger partial charge in [-0.25, -0.2) is 14.8 Å². The van der Waals surface area contributed by atoms with Crippen LogP contribution in [-0.2, 0) is 0 Å². The second-order valence-corrected chi connectivity index (χ2v) is 6.01. The summed E-state index contributed by atoms with van der Waals surface area (Å²) in [5.74, 6) is -0.0512. The maximum Gasteiger partial charge on any atom is 0.338 e. The van der Waals surface area contributed by atoms with E-state index in [1.54, 1.807) is 6.07 Å². The molecular formula is C20H22N4O3. The second kappa shape index (κ2) is 8.46. The van der Waals surface area contributed by atoms with E-state index in [2.05, 4.69) is 20.6 Å². The van der Waals surface area contributed by atoms with E-state index in [4.69, 9.17) is 4.74 Å². The minimum Gasteiger partial charge on any atom is -0.497 e. The quantitative estimate of drug-likeness (QED) is 0.564. The SMILES string of the molecule is CCNC[C@@H](Nc1ncnc2c(C(=O)O)cc(OC)cc12)c1ccccc1. The summed E-state index contributed by atoms with van der Waals surface area (Å²) in [4.78, 5) is 20.2. The zero-order valence-corrected chi connectivity index (χ0v) is 15.3. The molecule has 0 aliphatic heterocycles. The average molecular weight is 366 g/mol. The van der Waals surface area contributed by atoms with E-state index in [-0.39, 0.29) is 11.6 Å². The minimum atomic E-state index is -1.06. The molecule has 7 heteroatoms. The number of carbonyl (C=O) groups is 1. The first-order chi connectivity index (χ1) is 13.1. The van der Waals surface area contributed by atoms with E-state index in [0.717, 1.165) is 12.1 Å². The number of hydrogen-bond acceptors (Lipinski definition) is 6. The third kappa shape index (κ3) is 4.15. The van der Waals surface area contributed by atoms with Gasteiger partial charge in [-0.2, -0.15) is 0 Å². The highest BCUT2D eigenvalue weighted by Crippen LogP contribution is 2.30. The normalized spacial score (nSPS) is 11.9. The number of aromatic carboxylic acids is 1. The highest BCUT2D eigenvalue weighted by atomic mass is 16.5. The van der Waals surface area contributed by atoms with Gasteiger partial charge in [0.15, 0.2) is 0 Å². The molecule has 0 aliphatic carbocycles. The van der Waals surface area contributed by atoms with Crippen molar-refractivity contribution < 1.29 is 14.6 Å². The summed E-state index contributed by atoms with van der Waals surface area (Å²) in [5, 5.41) is 16.9. The summed E-state index contributed by atoms with van der Waals surface area (Å²) in [6.45, 7) is 3.58. The molecule has 0 amide bonds. The van der Waals surface area contributed by atoms with Gasteiger partial charge in [0, 0.05) is 11.9 Å². The van der Waals surface area contributed by atoms with Crippen LogP contribution < -0.4 is 15.4 Å². The van der Waals surface area contributed by atoms with Crippen molar-refractivity contribution in [1.82, 2.24) is 15.3 Å². The molecule has 0 bridgehead atoms. The number of carboxylic acid groups (broad SMARTS) is 1. The number of likely N-dealkylation sites (N-methyl/N-ethyl adjacent to an activating group) is 1. The van der Waals surface area contributed by atoms with E-state index in [9.17, 15) is 9.90 Å². The van der Waals surface area contributed by atoms with Crippen LogP contribution >= 0.6 is 0 Å². The summed E-state index contributed by atoms with van der Waals surface area (Å²) < 4.78 is 5.26. The molecule has 0 spiro atoms. The molecule has 0 aliphatic rings. The minimum absolute atomic E-state index is 0.0382. The van der Waals surface area contributed by atoms with E-state index >= 15 is 0 Å². The monoisotopic (exact) mass is 366 g/mol. The largest absolute Gasteiger partial charge is 0.497 e. The van der Waals surface area contributed by atoms with Gasteiger partial charge >= 0.3 is 5.97 Å². The Labute approximate surface area is 157 Å². The van der Waals surface area contributed by atoms with Gasteiger partial charge in [-0.15, -0.1) is 0 Å². The lowest BCUT2D eigenvalue weighted by Crippen LogP contribution is -2.26. The summed E-state index contributed by atoms with van der Waals surface area (Å²) in [6.07, 6.45) is 1.37. The van der Waals surface area contributed by atoms with Crippen LogP contribution in [0.3, 0.4) is 0 Å². The third-order valence-electron chi connectivity index (χ3n) is 4.29. The van der Waals surface area contributed by atoms with Crippen molar-refractivity contribution in [2.24, 2.45) is 0 Å². The van der Waals surface area contributed by atoms with Crippen LogP contribution in [0.15, 0.2) is 48.8 Å². The molecule has 0 fully saturated rings. The Kier molecular flexibility index (Phi) is 5.83. The number of aromatic nitrogens is 2. The number of carboxylic acids is 1. The number of nitrogens with one attached hydrogen (secondary N) is 2. The lowest BCUT2D eigenvalue weighted by atomic mass is 10.1. The number of methoxy groups -OCH3 is 1. The van der Waals surface area contributed by atoms with Crippen LogP contribution in [0.25, 0.3) is 10.9 Å². The van der Waals surface area contributed by atoms with Crippen LogP contribution in [0.5, 0.6) is 5.75 Å². The topological polar surface area (TPSA) is 96.4 Å². The number of nitrogens with zero attached hydrogens (tertiary/aromatic N) is 2. The first-order valence-electron chi connectivity index (χ1n) is 8.72. The molecule has 0 unspecified atom stereocenters. The number of benzene rings is 2. The number of rotatable bonds is 8. The van der Waals surface area contributed by atoms with Crippen LogP contribution in [0.1, 0.15) is 28.9 Å². The maximum absolute atomic E-state index is 11.6. The first-order valence-corrected chi connectivity index (χ1v) is 8.72. The van der Waals surface area contributed by atoms with Crippen molar-refractivity contribution in [2.75, 3.05) is 25.5 Å². The fourth-order valence-corrected chi connectivity index (χ4v) is 2.93. The zero-order chi connectivity index (χ0) is 19.2. The van der Waals surface area contributed by atoms with Crippen LogP contribution in [0, 0.1) is 0 Å². The van der Waals surface area contributed by atoms with E-state index < -0.39 is 5.97 Å². The van der Waals surface area contributed by atoms with Crippen LogP contribution in [0.2, 0.25) is 0 Å². The molecular weight excluding hydrogens is 344 g/mol. The fourth-order valence-electron chi connectivity index (χ4n) is 2.93. The Morgan fingerprint density at radius 1 is 1.22 bits per heavy atom. The average Bonchev–Trinajstić information content (AvgIpc) is 2.70. The number of hydrogen-bond donors (Lipinski definition) is 3. The Balaban J connectivity index is 2.06. The van der Waals surface area contributed by atoms with Gasteiger partial charge in [-0.1, -0.05) is 37.3 Å². The number of fused-ring (bicyclic) bond motifs is 1. The van der Waals surface area contributed by atoms with Gasteiger partial charge in [0.2, 0.25) is 0 Å². The second-order valence-electron chi connectivity index (χ2n) is 6.01. The Bertz CT molecular complexity index is 931. The summed E-state index contributed by atoms with van der Waals surface area (Å²) >= 11 is 0. The van der Waals surface area contributed by atoms with Crippen molar-refractivity contribution >= 4 is 22.7 Å². The number of anilines is 1. The van der Waals surface area contributed by atoms with E-state index in [1.807, 2.05) is 37.3 Å². The molecule has 3 N–H and O–H groups in total. The van der Waals surface area contributed by atoms with Gasteiger partial charge in [0.05, 0.1) is 24.2 Å². The summed E-state index contributed by atoms with van der Waals surface area (Å²) in [7, 11) is 1.50. The van der Waals surface area contributed by atoms with Crippen molar-refractivity contribution in [1.29, 1.82) is 0 Å². The lowest BCUT2D eigenvalue weighted by molar-refractivity contribution is 0.0698. The van der Waals surface area contributed by atoms with Crippen molar-refractivity contribution in [2.45, 2.75) is 13.0 Å². The molecule has 1 aromatic heterocycles. The lowest BCUT2D eigenvalue weighted by Gasteiger charge is -2.21. The number of ether oxygens (including phenoxy) is 1. The van der Waals surface area contributed by atoms with Crippen LogP contribution in [0.4, 0.5) is 5.82 Å². The molecule has 0 saturated carbocycles. The molecule has 1 atom stereocenters. The standard InChI is InChI=1S/C20H22N4O3/c1-3-21-11-17(13-7-5-4-6-8-13)24-19-15-9-14(27-2)10-16(20(25)26)18(15)22-12-23-19/h4-10,12,17,21H,3,11H2,1-2H3,(H,25,26)(H,22,23,24)/t17-/m1/s1. The fraction of sp³-hybridized carbons (Fsp3) is 0.250. The van der Waals surface area contributed by atoms with Crippen molar-refractivity contribution in [3.63, 3.8) is 0 Å². The first kappa shape index (κ1) is 18.6. The molecule has 0 saturated heterocycles. The maximum atomic E-state index is 11.6. The summed E-state index contributed by atoms with van der Waals surface area (Å²) in [6, 6.07) is 13.2. The molecule has 140 valence electrons. The Morgan fingerprint density at radius 2 is 2.00 bits per heavy atom. The van der Waals surface area contributed by atoms with Crippen molar-refractivity contribution in [3.8, 4) is 5.75 Å². The van der Waals surface area contributed by atoms with Gasteiger partial charge in [0.25, 0.3) is 0 Å². The Hall–Kier alpha value is -3.19. The van der Waals surface area contributed by atoms with Gasteiger partial charge < -0.3 is 20.5 Å². The highest BCUT2D eigenvalue weighted by Gasteiger charge is 2.18. The van der Waals surface area contributed by atoms with Gasteiger partial charge in [-0.05, 0) is 24.2 Å². The molecule has 2 aromatic carbocycles. The van der Waals surface area contributed by atoms with Crippen LogP contribution in [-0.4, -0.2) is 41.2 Å². The molecule has 3 aromatic rings. The Morgan fingerprint density at radius 3 is 2.67 bits per heavy atom. The van der Waals surface area contributed by atoms with E-state index in [0.29, 0.717) is 29.0 Å². The van der Waals surface area contributed by atoms with Gasteiger partial charge in [-0.3, -0.25) is 0 Å². The van der Waals surface area contributed by atoms with Gasteiger partial charge in [0.1, 0.15) is 17.9 Å². The summed E-state index contributed by atoms with van der Waals surface area (Å²) in [5.41, 5.74) is 1.56. The predicted octanol–water partition coefficient (Wildman–Crippen LogP) is 3.10. The zero-order valence-electron chi connectivity index (χ0n) is 15.3. The molecule has 0 radical (unpaired) electrons. The van der Waals surface area contributed by atoms with E-state index in [1.165, 1.54) is 19.5 Å². The molecule has 27 heavy (non-hydrogen) atoms. The highest BCUT2D eigenvalue weighted by molar-refractivity contribution is 6.05. The molecule has 7 nitrogen and oxygen atoms in total. The molecule has 3 rings (SSSR count). The van der Waals surface area contributed by atoms with Crippen molar-refractivity contribution in [3.05, 3.63) is 59.9 Å². The predicted molar refractivity (Wildman–Crippen MR) is 104 cm³/mol. The third-order valence-corrected chi connectivity index (χ3v) is 4.29. The molecule has 1 heterocycles. The smallest absolute Gasteiger partial charge is 0.338 e.